The van der Waals surface area contributed by atoms with E-state index in [-0.39, 0.29) is 5.56 Å². The van der Waals surface area contributed by atoms with Crippen molar-refractivity contribution < 1.29 is 34.0 Å². The number of aliphatic hydroxyl groups excluding tert-OH is 1. The van der Waals surface area contributed by atoms with Crippen LogP contribution in [0.15, 0.2) is 19.2 Å². The van der Waals surface area contributed by atoms with Gasteiger partial charge in [0.2, 0.25) is 12.1 Å². The molecule has 0 aromatic carbocycles. The number of carbonyl (C=O) groups is 2. The highest BCUT2D eigenvalue weighted by atomic mass is 79.9. The van der Waals surface area contributed by atoms with Gasteiger partial charge in [0, 0.05) is 20.0 Å². The zero-order valence-electron chi connectivity index (χ0n) is 14.5. The van der Waals surface area contributed by atoms with E-state index in [1.807, 2.05) is 0 Å². The number of carbonyl (C=O) groups excluding carboxylic acids is 2. The Hall–Kier alpha value is -1.80. The highest BCUT2D eigenvalue weighted by Gasteiger charge is 2.55. The summed E-state index contributed by atoms with van der Waals surface area (Å²) < 4.78 is 16.2. The Morgan fingerprint density at radius 1 is 1.39 bits per heavy atom. The molecule has 0 aliphatic carbocycles. The zero-order valence-corrected chi connectivity index (χ0v) is 17.7. The minimum atomic E-state index is -2.40. The summed E-state index contributed by atoms with van der Waals surface area (Å²) in [5.41, 5.74) is -1.49. The van der Waals surface area contributed by atoms with Gasteiger partial charge in [0.15, 0.2) is 6.10 Å². The van der Waals surface area contributed by atoms with Crippen LogP contribution < -0.4 is 11.2 Å². The van der Waals surface area contributed by atoms with Crippen molar-refractivity contribution in [3.8, 4) is 0 Å². The van der Waals surface area contributed by atoms with Crippen LogP contribution >= 0.6 is 31.9 Å². The predicted octanol–water partition coefficient (Wildman–Crippen LogP) is 0.0455. The van der Waals surface area contributed by atoms with Crippen LogP contribution in [-0.4, -0.2) is 49.9 Å². The smallest absolute Gasteiger partial charge is 0.330 e. The van der Waals surface area contributed by atoms with E-state index in [4.69, 9.17) is 9.47 Å². The van der Waals surface area contributed by atoms with Crippen molar-refractivity contribution in [2.24, 2.45) is 0 Å². The van der Waals surface area contributed by atoms with Crippen LogP contribution in [0.5, 0.6) is 0 Å². The molecule has 0 radical (unpaired) electrons. The summed E-state index contributed by atoms with van der Waals surface area (Å²) in [5.74, 6) is -4.17. The van der Waals surface area contributed by atoms with E-state index in [2.05, 4.69) is 41.6 Å². The second-order valence-corrected chi connectivity index (χ2v) is 8.61. The maximum atomic E-state index is 12.2. The van der Waals surface area contributed by atoms with Crippen LogP contribution in [-0.2, 0) is 23.8 Å². The van der Waals surface area contributed by atoms with Gasteiger partial charge in [-0.15, -0.1) is 0 Å². The molecule has 11 nitrogen and oxygen atoms in total. The zero-order chi connectivity index (χ0) is 21.2. The largest absolute Gasteiger partial charge is 0.433 e. The number of nitrogens with one attached hydrogen (secondary N) is 1. The monoisotopic (exact) mass is 526 g/mol. The van der Waals surface area contributed by atoms with Crippen molar-refractivity contribution in [1.82, 2.24) is 9.55 Å². The predicted molar refractivity (Wildman–Crippen MR) is 100 cm³/mol. The SMILES string of the molecule is CC(=O)OC(O)[C@H]1O[C@@H](n2cc(C=C(Br)Br)c(=O)[nH]c2=O)C[C@@]1(O)OC(C)=O. The molecule has 1 aliphatic heterocycles. The van der Waals surface area contributed by atoms with Gasteiger partial charge in [-0.25, -0.2) is 4.79 Å². The summed E-state index contributed by atoms with van der Waals surface area (Å²) in [6, 6.07) is 0. The summed E-state index contributed by atoms with van der Waals surface area (Å²) in [6.07, 6.45) is -2.91. The number of aromatic nitrogens is 2. The first-order valence-electron chi connectivity index (χ1n) is 7.74. The Labute approximate surface area is 174 Å². The molecule has 1 saturated heterocycles. The Morgan fingerprint density at radius 3 is 2.57 bits per heavy atom. The van der Waals surface area contributed by atoms with Gasteiger partial charge >= 0.3 is 17.6 Å². The fourth-order valence-corrected chi connectivity index (χ4v) is 3.15. The first-order valence-corrected chi connectivity index (χ1v) is 9.32. The third-order valence-electron chi connectivity index (χ3n) is 3.65. The molecule has 154 valence electrons. The van der Waals surface area contributed by atoms with Crippen molar-refractivity contribution >= 4 is 49.9 Å². The highest BCUT2D eigenvalue weighted by Crippen LogP contribution is 2.39. The molecule has 0 saturated carbocycles. The van der Waals surface area contributed by atoms with E-state index >= 15 is 0 Å². The molecule has 1 fully saturated rings. The molecular weight excluding hydrogens is 512 g/mol. The molecule has 1 unspecified atom stereocenters. The molecule has 28 heavy (non-hydrogen) atoms. The molecule has 0 spiro atoms. The molecular formula is C15H16Br2N2O9. The number of aromatic amines is 1. The Bertz CT molecular complexity index is 921. The summed E-state index contributed by atoms with van der Waals surface area (Å²) in [4.78, 5) is 48.6. The molecule has 2 heterocycles. The first-order chi connectivity index (χ1) is 12.9. The van der Waals surface area contributed by atoms with Gasteiger partial charge in [-0.3, -0.25) is 23.9 Å². The number of rotatable bonds is 5. The topological polar surface area (TPSA) is 157 Å². The lowest BCUT2D eigenvalue weighted by Crippen LogP contribution is -2.49. The fourth-order valence-electron chi connectivity index (χ4n) is 2.66. The van der Waals surface area contributed by atoms with Crippen LogP contribution in [0.2, 0.25) is 0 Å². The average molecular weight is 528 g/mol. The summed E-state index contributed by atoms with van der Waals surface area (Å²) in [7, 11) is 0. The fraction of sp³-hybridized carbons (Fsp3) is 0.467. The van der Waals surface area contributed by atoms with Crippen LogP contribution in [0.1, 0.15) is 32.1 Å². The maximum absolute atomic E-state index is 12.2. The van der Waals surface area contributed by atoms with Crippen molar-refractivity contribution in [3.05, 3.63) is 36.0 Å². The number of halogens is 2. The van der Waals surface area contributed by atoms with Gasteiger partial charge in [-0.05, 0) is 37.9 Å². The van der Waals surface area contributed by atoms with E-state index in [1.165, 1.54) is 6.08 Å². The number of esters is 2. The lowest BCUT2D eigenvalue weighted by Gasteiger charge is -2.29. The van der Waals surface area contributed by atoms with Crippen LogP contribution in [0.3, 0.4) is 0 Å². The molecule has 13 heteroatoms. The third-order valence-corrected chi connectivity index (χ3v) is 4.11. The van der Waals surface area contributed by atoms with E-state index in [0.717, 1.165) is 24.6 Å². The van der Waals surface area contributed by atoms with Gasteiger partial charge in [0.1, 0.15) is 6.23 Å². The normalized spacial score (nSPS) is 25.1. The lowest BCUT2D eigenvalue weighted by molar-refractivity contribution is -0.270. The summed E-state index contributed by atoms with van der Waals surface area (Å²) in [6.45, 7) is 2.03. The van der Waals surface area contributed by atoms with E-state index in [1.54, 1.807) is 0 Å². The maximum Gasteiger partial charge on any atom is 0.330 e. The Kier molecular flexibility index (Phi) is 6.98. The van der Waals surface area contributed by atoms with E-state index in [0.29, 0.717) is 3.39 Å². The van der Waals surface area contributed by atoms with Crippen molar-refractivity contribution in [1.29, 1.82) is 0 Å². The number of nitrogens with zero attached hydrogens (tertiary/aromatic N) is 1. The number of hydrogen-bond donors (Lipinski definition) is 3. The van der Waals surface area contributed by atoms with E-state index < -0.39 is 54.0 Å². The highest BCUT2D eigenvalue weighted by molar-refractivity contribution is 9.28. The number of hydrogen-bond acceptors (Lipinski definition) is 9. The summed E-state index contributed by atoms with van der Waals surface area (Å²) in [5, 5.41) is 20.7. The summed E-state index contributed by atoms with van der Waals surface area (Å²) >= 11 is 6.19. The number of ether oxygens (including phenoxy) is 3. The molecule has 1 aromatic rings. The van der Waals surface area contributed by atoms with E-state index in [9.17, 15) is 29.4 Å². The Balaban J connectivity index is 2.46. The van der Waals surface area contributed by atoms with Crippen LogP contribution in [0, 0.1) is 0 Å². The average Bonchev–Trinajstić information content (AvgIpc) is 2.85. The van der Waals surface area contributed by atoms with Crippen molar-refractivity contribution in [2.75, 3.05) is 0 Å². The van der Waals surface area contributed by atoms with Gasteiger partial charge in [-0.1, -0.05) is 0 Å². The molecule has 2 rings (SSSR count). The molecule has 0 amide bonds. The molecule has 3 N–H and O–H groups in total. The van der Waals surface area contributed by atoms with Gasteiger partial charge in [-0.2, -0.15) is 0 Å². The van der Waals surface area contributed by atoms with Crippen molar-refractivity contribution in [3.63, 3.8) is 0 Å². The second kappa shape index (κ2) is 8.69. The first kappa shape index (κ1) is 22.5. The lowest BCUT2D eigenvalue weighted by atomic mass is 10.1. The quantitative estimate of drug-likeness (QED) is 0.355. The van der Waals surface area contributed by atoms with Crippen LogP contribution in [0.25, 0.3) is 6.08 Å². The van der Waals surface area contributed by atoms with Gasteiger partial charge < -0.3 is 24.4 Å². The number of H-pyrrole nitrogens is 1. The Morgan fingerprint density at radius 2 is 2.04 bits per heavy atom. The minimum Gasteiger partial charge on any atom is -0.433 e. The molecule has 0 bridgehead atoms. The molecule has 4 atom stereocenters. The molecule has 1 aliphatic rings. The molecule has 1 aromatic heterocycles. The second-order valence-electron chi connectivity index (χ2n) is 5.84. The van der Waals surface area contributed by atoms with Crippen molar-refractivity contribution in [2.45, 2.75) is 44.7 Å². The minimum absolute atomic E-state index is 0.0620. The standard InChI is InChI=1S/C15H16Br2N2O9/c1-6(20)26-13(23)11-15(25,28-7(2)21)4-10(27-11)19-5-8(3-9(16)17)12(22)18-14(19)24/h3,5,10-11,13,23,25H,4H2,1-2H3,(H,18,22,24)/t10-,11-,13?,15-/m1/s1. The van der Waals surface area contributed by atoms with Gasteiger partial charge in [0.25, 0.3) is 5.56 Å². The van der Waals surface area contributed by atoms with Crippen LogP contribution in [0.4, 0.5) is 0 Å². The van der Waals surface area contributed by atoms with Gasteiger partial charge in [0.05, 0.1) is 15.4 Å². The third kappa shape index (κ3) is 5.17. The number of aliphatic hydroxyl groups is 2.